The summed E-state index contributed by atoms with van der Waals surface area (Å²) in [6.07, 6.45) is 3.45. The number of rotatable bonds is 8. The smallest absolute Gasteiger partial charge is 0.203 e. The van der Waals surface area contributed by atoms with Crippen LogP contribution in [0, 0.1) is 11.3 Å². The van der Waals surface area contributed by atoms with Gasteiger partial charge in [-0.25, -0.2) is 4.98 Å². The van der Waals surface area contributed by atoms with Gasteiger partial charge in [-0.1, -0.05) is 0 Å². The van der Waals surface area contributed by atoms with Crippen molar-refractivity contribution in [3.05, 3.63) is 42.4 Å². The average molecular weight is 489 g/mol. The number of nitrogens with zero attached hydrogens (tertiary/aromatic N) is 5. The zero-order valence-electron chi connectivity index (χ0n) is 20.6. The maximum absolute atomic E-state index is 9.82. The number of hydrogen-bond acceptors (Lipinski definition) is 9. The molecule has 0 saturated carbocycles. The van der Waals surface area contributed by atoms with E-state index < -0.39 is 0 Å². The van der Waals surface area contributed by atoms with Crippen LogP contribution in [0.15, 0.2) is 36.8 Å². The third-order valence-corrected chi connectivity index (χ3v) is 6.43. The lowest BCUT2D eigenvalue weighted by molar-refractivity contribution is 0.0365. The highest BCUT2D eigenvalue weighted by atomic mass is 16.5. The minimum Gasteiger partial charge on any atom is -0.493 e. The first-order valence-electron chi connectivity index (χ1n) is 11.7. The first-order chi connectivity index (χ1) is 17.6. The van der Waals surface area contributed by atoms with Crippen molar-refractivity contribution < 1.29 is 18.9 Å². The van der Waals surface area contributed by atoms with Crippen molar-refractivity contribution in [2.24, 2.45) is 0 Å². The van der Waals surface area contributed by atoms with Gasteiger partial charge in [0.1, 0.15) is 6.07 Å². The van der Waals surface area contributed by atoms with Crippen LogP contribution in [0.1, 0.15) is 5.56 Å². The third kappa shape index (κ3) is 4.46. The summed E-state index contributed by atoms with van der Waals surface area (Å²) in [5, 5.41) is 14.0. The fourth-order valence-electron chi connectivity index (χ4n) is 4.51. The van der Waals surface area contributed by atoms with Crippen molar-refractivity contribution in [3.63, 3.8) is 0 Å². The summed E-state index contributed by atoms with van der Waals surface area (Å²) in [6.45, 7) is 5.22. The lowest BCUT2D eigenvalue weighted by atomic mass is 10.1. The number of fused-ring (bicyclic) bond motifs is 2. The Bertz CT molecular complexity index is 1410. The van der Waals surface area contributed by atoms with Crippen LogP contribution in [0.4, 0.5) is 11.4 Å². The van der Waals surface area contributed by atoms with E-state index in [1.807, 2.05) is 18.5 Å². The molecule has 2 aromatic heterocycles. The summed E-state index contributed by atoms with van der Waals surface area (Å²) >= 11 is 0. The number of nitrogens with one attached hydrogen (secondary N) is 1. The Balaban J connectivity index is 1.52. The molecule has 2 aromatic carbocycles. The number of benzene rings is 2. The Morgan fingerprint density at radius 1 is 0.972 bits per heavy atom. The lowest BCUT2D eigenvalue weighted by Crippen LogP contribution is -2.38. The van der Waals surface area contributed by atoms with Gasteiger partial charge in [-0.05, 0) is 12.1 Å². The topological polar surface area (TPSA) is 107 Å². The monoisotopic (exact) mass is 488 g/mol. The molecular formula is C26H28N6O4. The summed E-state index contributed by atoms with van der Waals surface area (Å²) in [7, 11) is 4.69. The number of anilines is 2. The second kappa shape index (κ2) is 10.3. The number of aromatic nitrogens is 3. The van der Waals surface area contributed by atoms with Crippen molar-refractivity contribution >= 4 is 33.3 Å². The van der Waals surface area contributed by atoms with E-state index in [4.69, 9.17) is 18.9 Å². The van der Waals surface area contributed by atoms with Gasteiger partial charge in [0.05, 0.1) is 68.7 Å². The van der Waals surface area contributed by atoms with Crippen LogP contribution in [-0.4, -0.2) is 73.6 Å². The van der Waals surface area contributed by atoms with Crippen LogP contribution in [0.3, 0.4) is 0 Å². The summed E-state index contributed by atoms with van der Waals surface area (Å²) in [5.74, 6) is 1.52. The Morgan fingerprint density at radius 3 is 2.39 bits per heavy atom. The first-order valence-corrected chi connectivity index (χ1v) is 11.7. The van der Waals surface area contributed by atoms with Crippen LogP contribution in [0.2, 0.25) is 0 Å². The van der Waals surface area contributed by atoms with Gasteiger partial charge < -0.3 is 28.8 Å². The summed E-state index contributed by atoms with van der Waals surface area (Å²) in [6, 6.07) is 9.85. The minimum absolute atomic E-state index is 0.419. The van der Waals surface area contributed by atoms with Gasteiger partial charge in [-0.2, -0.15) is 5.26 Å². The zero-order valence-corrected chi connectivity index (χ0v) is 20.6. The largest absolute Gasteiger partial charge is 0.493 e. The summed E-state index contributed by atoms with van der Waals surface area (Å²) in [5.41, 5.74) is 4.36. The Labute approximate surface area is 209 Å². The molecule has 0 atom stereocenters. The zero-order chi connectivity index (χ0) is 25.1. The maximum Gasteiger partial charge on any atom is 0.203 e. The van der Waals surface area contributed by atoms with Crippen molar-refractivity contribution in [1.29, 1.82) is 5.26 Å². The normalized spacial score (nSPS) is 14.1. The summed E-state index contributed by atoms with van der Waals surface area (Å²) < 4.78 is 24.0. The molecule has 0 radical (unpaired) electrons. The highest BCUT2D eigenvalue weighted by Gasteiger charge is 2.17. The molecular weight excluding hydrogens is 460 g/mol. The number of imidazole rings is 1. The number of methoxy groups -OCH3 is 3. The standard InChI is InChI=1S/C26H28N6O4/c1-33-23-10-18(11-24(34-2)26(23)35-3)30-25-17(14-27)15-28-20-13-22-21(12-19(20)25)29-16-32(22)5-4-31-6-8-36-9-7-31/h10-13,15-16H,4-9H2,1-3H3,(H,28,30). The van der Waals surface area contributed by atoms with Crippen LogP contribution < -0.4 is 19.5 Å². The first kappa shape index (κ1) is 23.7. The molecule has 4 aromatic rings. The van der Waals surface area contributed by atoms with Gasteiger partial charge in [0.2, 0.25) is 5.75 Å². The predicted molar refractivity (Wildman–Crippen MR) is 136 cm³/mol. The van der Waals surface area contributed by atoms with E-state index in [9.17, 15) is 5.26 Å². The molecule has 3 heterocycles. The molecule has 1 N–H and O–H groups in total. The van der Waals surface area contributed by atoms with Crippen LogP contribution in [0.5, 0.6) is 17.2 Å². The molecule has 10 nitrogen and oxygen atoms in total. The van der Waals surface area contributed by atoms with Gasteiger partial charge in [0.25, 0.3) is 0 Å². The predicted octanol–water partition coefficient (Wildman–Crippen LogP) is 3.56. The average Bonchev–Trinajstić information content (AvgIpc) is 3.32. The highest BCUT2D eigenvalue weighted by Crippen LogP contribution is 2.41. The molecule has 0 spiro atoms. The number of hydrogen-bond donors (Lipinski definition) is 1. The molecule has 186 valence electrons. The van der Waals surface area contributed by atoms with Crippen molar-refractivity contribution in [2.75, 3.05) is 59.5 Å². The number of ether oxygens (including phenoxy) is 4. The fraction of sp³-hybridized carbons (Fsp3) is 0.346. The Kier molecular flexibility index (Phi) is 6.75. The molecule has 5 rings (SSSR count). The van der Waals surface area contributed by atoms with E-state index in [2.05, 4.69) is 30.8 Å². The molecule has 1 aliphatic heterocycles. The lowest BCUT2D eigenvalue weighted by Gasteiger charge is -2.26. The minimum atomic E-state index is 0.419. The molecule has 0 bridgehead atoms. The second-order valence-corrected chi connectivity index (χ2v) is 8.45. The highest BCUT2D eigenvalue weighted by molar-refractivity contribution is 6.02. The maximum atomic E-state index is 9.82. The van der Waals surface area contributed by atoms with E-state index in [-0.39, 0.29) is 0 Å². The van der Waals surface area contributed by atoms with Crippen molar-refractivity contribution in [3.8, 4) is 23.3 Å². The molecule has 0 aliphatic carbocycles. The van der Waals surface area contributed by atoms with Crippen LogP contribution in [0.25, 0.3) is 21.9 Å². The summed E-state index contributed by atoms with van der Waals surface area (Å²) in [4.78, 5) is 11.6. The molecule has 10 heteroatoms. The van der Waals surface area contributed by atoms with E-state index >= 15 is 0 Å². The number of nitriles is 1. The molecule has 1 fully saturated rings. The van der Waals surface area contributed by atoms with E-state index in [0.29, 0.717) is 34.2 Å². The van der Waals surface area contributed by atoms with Gasteiger partial charge in [-0.3, -0.25) is 9.88 Å². The Morgan fingerprint density at radius 2 is 1.72 bits per heavy atom. The second-order valence-electron chi connectivity index (χ2n) is 8.45. The fourth-order valence-corrected chi connectivity index (χ4v) is 4.51. The van der Waals surface area contributed by atoms with E-state index in [1.54, 1.807) is 39.7 Å². The molecule has 36 heavy (non-hydrogen) atoms. The van der Waals surface area contributed by atoms with Crippen LogP contribution >= 0.6 is 0 Å². The number of morpholine rings is 1. The van der Waals surface area contributed by atoms with Crippen LogP contribution in [-0.2, 0) is 11.3 Å². The Hall–Kier alpha value is -4.07. The molecule has 1 aliphatic rings. The molecule has 1 saturated heterocycles. The van der Waals surface area contributed by atoms with Gasteiger partial charge in [0, 0.05) is 55.6 Å². The SMILES string of the molecule is COc1cc(Nc2c(C#N)cnc3cc4c(cc23)ncn4CCN2CCOCC2)cc(OC)c1OC. The molecule has 0 amide bonds. The van der Waals surface area contributed by atoms with E-state index in [0.717, 1.165) is 61.3 Å². The van der Waals surface area contributed by atoms with E-state index in [1.165, 1.54) is 0 Å². The third-order valence-electron chi connectivity index (χ3n) is 6.43. The molecule has 0 unspecified atom stereocenters. The number of pyridine rings is 1. The van der Waals surface area contributed by atoms with Crippen molar-refractivity contribution in [2.45, 2.75) is 6.54 Å². The van der Waals surface area contributed by atoms with Gasteiger partial charge in [-0.15, -0.1) is 0 Å². The van der Waals surface area contributed by atoms with Crippen molar-refractivity contribution in [1.82, 2.24) is 19.4 Å². The quantitative estimate of drug-likeness (QED) is 0.398. The van der Waals surface area contributed by atoms with Gasteiger partial charge in [0.15, 0.2) is 11.5 Å². The van der Waals surface area contributed by atoms with Gasteiger partial charge >= 0.3 is 0 Å².